The lowest BCUT2D eigenvalue weighted by molar-refractivity contribution is -0.161. The maximum atomic E-state index is 12.0. The summed E-state index contributed by atoms with van der Waals surface area (Å²) in [5.74, 6) is -1.60. The van der Waals surface area contributed by atoms with Gasteiger partial charge in [0.1, 0.15) is 12.6 Å². The van der Waals surface area contributed by atoms with Crippen LogP contribution in [0.4, 0.5) is 4.79 Å². The number of benzene rings is 1. The van der Waals surface area contributed by atoms with Gasteiger partial charge >= 0.3 is 18.0 Å². The number of rotatable bonds is 7. The highest BCUT2D eigenvalue weighted by Gasteiger charge is 2.28. The van der Waals surface area contributed by atoms with Gasteiger partial charge in [0, 0.05) is 6.42 Å². The van der Waals surface area contributed by atoms with Crippen LogP contribution in [0.3, 0.4) is 0 Å². The minimum Gasteiger partial charge on any atom is -0.445 e. The Morgan fingerprint density at radius 2 is 1.78 bits per heavy atom. The van der Waals surface area contributed by atoms with Gasteiger partial charge in [0.25, 0.3) is 0 Å². The van der Waals surface area contributed by atoms with E-state index >= 15 is 0 Å². The van der Waals surface area contributed by atoms with Crippen LogP contribution in [0.15, 0.2) is 30.3 Å². The Hall–Kier alpha value is -2.37. The molecule has 0 aliphatic heterocycles. The van der Waals surface area contributed by atoms with E-state index in [1.807, 2.05) is 37.3 Å². The standard InChI is InChI=1S/C17H23NO5/c1-4-8-14(19)23-16(20)15(12(2)3)18-17(21)22-11-13-9-6-5-7-10-13/h5-7,9-10,12,15H,4,8,11H2,1-3H3,(H,18,21)/t15-/m0/s1. The van der Waals surface area contributed by atoms with Crippen molar-refractivity contribution in [3.8, 4) is 0 Å². The van der Waals surface area contributed by atoms with Crippen LogP contribution in [0.1, 0.15) is 39.2 Å². The van der Waals surface area contributed by atoms with Gasteiger partial charge in [-0.3, -0.25) is 4.79 Å². The second-order valence-corrected chi connectivity index (χ2v) is 5.47. The molecule has 1 amide bonds. The average molecular weight is 321 g/mol. The minimum atomic E-state index is -0.931. The van der Waals surface area contributed by atoms with Crippen LogP contribution in [0, 0.1) is 5.92 Å². The molecule has 6 nitrogen and oxygen atoms in total. The van der Waals surface area contributed by atoms with Crippen molar-refractivity contribution < 1.29 is 23.9 Å². The number of amides is 1. The molecule has 6 heteroatoms. The highest BCUT2D eigenvalue weighted by molar-refractivity contribution is 5.90. The topological polar surface area (TPSA) is 81.7 Å². The summed E-state index contributed by atoms with van der Waals surface area (Å²) in [4.78, 5) is 35.2. The summed E-state index contributed by atoms with van der Waals surface area (Å²) >= 11 is 0. The van der Waals surface area contributed by atoms with Crippen molar-refractivity contribution in [2.75, 3.05) is 0 Å². The summed E-state index contributed by atoms with van der Waals surface area (Å²) in [6.45, 7) is 5.40. The SMILES string of the molecule is CCCC(=O)OC(=O)[C@@H](NC(=O)OCc1ccccc1)C(C)C. The molecule has 1 rings (SSSR count). The monoisotopic (exact) mass is 321 g/mol. The van der Waals surface area contributed by atoms with Gasteiger partial charge in [0.05, 0.1) is 0 Å². The molecule has 0 aliphatic rings. The van der Waals surface area contributed by atoms with Crippen molar-refractivity contribution in [1.29, 1.82) is 0 Å². The Morgan fingerprint density at radius 3 is 2.35 bits per heavy atom. The lowest BCUT2D eigenvalue weighted by atomic mass is 10.1. The molecule has 1 aromatic rings. The lowest BCUT2D eigenvalue weighted by Gasteiger charge is -2.19. The van der Waals surface area contributed by atoms with E-state index < -0.39 is 24.1 Å². The van der Waals surface area contributed by atoms with Crippen LogP contribution in [0.25, 0.3) is 0 Å². The summed E-state index contributed by atoms with van der Waals surface area (Å²) in [6.07, 6.45) is 0.0208. The molecule has 0 saturated heterocycles. The average Bonchev–Trinajstić information content (AvgIpc) is 2.51. The maximum Gasteiger partial charge on any atom is 0.408 e. The van der Waals surface area contributed by atoms with Crippen molar-refractivity contribution in [1.82, 2.24) is 5.32 Å². The third-order valence-corrected chi connectivity index (χ3v) is 3.08. The van der Waals surface area contributed by atoms with E-state index in [9.17, 15) is 14.4 Å². The first-order valence-corrected chi connectivity index (χ1v) is 7.65. The molecule has 0 fully saturated rings. The van der Waals surface area contributed by atoms with E-state index in [2.05, 4.69) is 5.32 Å². The van der Waals surface area contributed by atoms with Crippen LogP contribution in [0.5, 0.6) is 0 Å². The Morgan fingerprint density at radius 1 is 1.13 bits per heavy atom. The number of hydrogen-bond donors (Lipinski definition) is 1. The van der Waals surface area contributed by atoms with E-state index in [0.29, 0.717) is 6.42 Å². The summed E-state index contributed by atoms with van der Waals surface area (Å²) in [7, 11) is 0. The van der Waals surface area contributed by atoms with Gasteiger partial charge < -0.3 is 14.8 Å². The molecule has 0 unspecified atom stereocenters. The summed E-state index contributed by atoms with van der Waals surface area (Å²) in [5, 5.41) is 2.45. The van der Waals surface area contributed by atoms with Crippen molar-refractivity contribution in [2.45, 2.75) is 46.3 Å². The van der Waals surface area contributed by atoms with E-state index in [0.717, 1.165) is 5.56 Å². The van der Waals surface area contributed by atoms with Gasteiger partial charge in [0.2, 0.25) is 0 Å². The fourth-order valence-corrected chi connectivity index (χ4v) is 1.82. The molecular formula is C17H23NO5. The highest BCUT2D eigenvalue weighted by Crippen LogP contribution is 2.07. The van der Waals surface area contributed by atoms with Crippen molar-refractivity contribution in [3.05, 3.63) is 35.9 Å². The number of esters is 2. The fourth-order valence-electron chi connectivity index (χ4n) is 1.82. The van der Waals surface area contributed by atoms with Crippen LogP contribution >= 0.6 is 0 Å². The van der Waals surface area contributed by atoms with Crippen molar-refractivity contribution >= 4 is 18.0 Å². The number of ether oxygens (including phenoxy) is 2. The molecule has 0 spiro atoms. The number of hydrogen-bond acceptors (Lipinski definition) is 5. The predicted molar refractivity (Wildman–Crippen MR) is 84.4 cm³/mol. The number of carbonyl (C=O) groups is 3. The Kier molecular flexibility index (Phi) is 7.80. The normalized spacial score (nSPS) is 11.7. The van der Waals surface area contributed by atoms with Gasteiger partial charge in [-0.2, -0.15) is 0 Å². The maximum absolute atomic E-state index is 12.0. The number of nitrogens with one attached hydrogen (secondary N) is 1. The molecule has 0 heterocycles. The summed E-state index contributed by atoms with van der Waals surface area (Å²) in [6, 6.07) is 8.26. The van der Waals surface area contributed by atoms with E-state index in [4.69, 9.17) is 9.47 Å². The first kappa shape index (κ1) is 18.7. The second-order valence-electron chi connectivity index (χ2n) is 5.47. The summed E-state index contributed by atoms with van der Waals surface area (Å²) < 4.78 is 9.80. The van der Waals surface area contributed by atoms with Gasteiger partial charge in [-0.15, -0.1) is 0 Å². The van der Waals surface area contributed by atoms with Crippen LogP contribution in [0.2, 0.25) is 0 Å². The Labute approximate surface area is 136 Å². The molecule has 0 radical (unpaired) electrons. The highest BCUT2D eigenvalue weighted by atomic mass is 16.6. The number of alkyl carbamates (subject to hydrolysis) is 1. The van der Waals surface area contributed by atoms with Crippen LogP contribution < -0.4 is 5.32 Å². The smallest absolute Gasteiger partial charge is 0.408 e. The van der Waals surface area contributed by atoms with Crippen LogP contribution in [-0.4, -0.2) is 24.1 Å². The Bertz CT molecular complexity index is 527. The van der Waals surface area contributed by atoms with Gasteiger partial charge in [0.15, 0.2) is 0 Å². The molecule has 1 atom stereocenters. The first-order chi connectivity index (χ1) is 10.9. The molecule has 126 valence electrons. The predicted octanol–water partition coefficient (Wildman–Crippen LogP) is 2.81. The van der Waals surface area contributed by atoms with Gasteiger partial charge in [-0.1, -0.05) is 51.1 Å². The molecule has 1 aromatic carbocycles. The zero-order valence-corrected chi connectivity index (χ0v) is 13.7. The quantitative estimate of drug-likeness (QED) is 0.617. The molecule has 0 bridgehead atoms. The molecule has 0 aromatic heterocycles. The lowest BCUT2D eigenvalue weighted by Crippen LogP contribution is -2.46. The van der Waals surface area contributed by atoms with Crippen molar-refractivity contribution in [2.24, 2.45) is 5.92 Å². The minimum absolute atomic E-state index is 0.0985. The van der Waals surface area contributed by atoms with E-state index in [1.54, 1.807) is 13.8 Å². The zero-order valence-electron chi connectivity index (χ0n) is 13.7. The van der Waals surface area contributed by atoms with Crippen molar-refractivity contribution in [3.63, 3.8) is 0 Å². The molecule has 1 N–H and O–H groups in total. The largest absolute Gasteiger partial charge is 0.445 e. The number of carbonyl (C=O) groups excluding carboxylic acids is 3. The first-order valence-electron chi connectivity index (χ1n) is 7.65. The Balaban J connectivity index is 2.52. The van der Waals surface area contributed by atoms with Gasteiger partial charge in [-0.05, 0) is 17.9 Å². The second kappa shape index (κ2) is 9.61. The molecule has 23 heavy (non-hydrogen) atoms. The zero-order chi connectivity index (χ0) is 17.2. The van der Waals surface area contributed by atoms with E-state index in [1.165, 1.54) is 0 Å². The van der Waals surface area contributed by atoms with Crippen LogP contribution in [-0.2, 0) is 25.7 Å². The third kappa shape index (κ3) is 6.95. The summed E-state index contributed by atoms with van der Waals surface area (Å²) in [5.41, 5.74) is 0.837. The third-order valence-electron chi connectivity index (χ3n) is 3.08. The van der Waals surface area contributed by atoms with E-state index in [-0.39, 0.29) is 18.9 Å². The molecule has 0 aliphatic carbocycles. The fraction of sp³-hybridized carbons (Fsp3) is 0.471. The molecule has 0 saturated carbocycles. The molecular weight excluding hydrogens is 298 g/mol. The van der Waals surface area contributed by atoms with Gasteiger partial charge in [-0.25, -0.2) is 9.59 Å².